The van der Waals surface area contributed by atoms with Crippen LogP contribution in [0.1, 0.15) is 71.3 Å². The fourth-order valence-corrected chi connectivity index (χ4v) is 1.88. The van der Waals surface area contributed by atoms with Gasteiger partial charge in [0.15, 0.2) is 11.6 Å². The molecular formula is C15H27N3O. The van der Waals surface area contributed by atoms with E-state index in [-0.39, 0.29) is 16.6 Å². The molecule has 0 saturated heterocycles. The zero-order chi connectivity index (χ0) is 14.8. The third kappa shape index (κ3) is 5.13. The Balaban J connectivity index is 3.02. The van der Waals surface area contributed by atoms with Gasteiger partial charge in [-0.2, -0.15) is 0 Å². The van der Waals surface area contributed by atoms with E-state index in [0.717, 1.165) is 25.2 Å². The smallest absolute Gasteiger partial charge is 0.199 e. The van der Waals surface area contributed by atoms with E-state index in [0.29, 0.717) is 5.82 Å². The highest BCUT2D eigenvalue weighted by molar-refractivity contribution is 5.90. The van der Waals surface area contributed by atoms with Gasteiger partial charge in [0.1, 0.15) is 5.82 Å². The van der Waals surface area contributed by atoms with Crippen LogP contribution in [0, 0.1) is 10.8 Å². The van der Waals surface area contributed by atoms with Crippen molar-refractivity contribution < 1.29 is 4.79 Å². The largest absolute Gasteiger partial charge is 0.308 e. The van der Waals surface area contributed by atoms with Crippen LogP contribution in [0.25, 0.3) is 0 Å². The predicted octanol–water partition coefficient (Wildman–Crippen LogP) is 3.51. The van der Waals surface area contributed by atoms with Crippen molar-refractivity contribution >= 4 is 5.78 Å². The summed E-state index contributed by atoms with van der Waals surface area (Å²) in [5, 5.41) is 8.28. The average molecular weight is 265 g/mol. The SMILES string of the molecule is CC(=O)c1nnc(CC(C)(C)C)n1CCC(C)(C)C. The maximum absolute atomic E-state index is 11.6. The van der Waals surface area contributed by atoms with E-state index < -0.39 is 0 Å². The van der Waals surface area contributed by atoms with Crippen LogP contribution in [-0.2, 0) is 13.0 Å². The summed E-state index contributed by atoms with van der Waals surface area (Å²) in [6.45, 7) is 15.5. The number of aromatic nitrogens is 3. The molecule has 19 heavy (non-hydrogen) atoms. The summed E-state index contributed by atoms with van der Waals surface area (Å²) in [6, 6.07) is 0. The summed E-state index contributed by atoms with van der Waals surface area (Å²) in [5.41, 5.74) is 0.373. The highest BCUT2D eigenvalue weighted by Crippen LogP contribution is 2.23. The lowest BCUT2D eigenvalue weighted by atomic mass is 9.91. The van der Waals surface area contributed by atoms with Crippen LogP contribution in [0.3, 0.4) is 0 Å². The Hall–Kier alpha value is -1.19. The fraction of sp³-hybridized carbons (Fsp3) is 0.800. The number of rotatable bonds is 4. The fourth-order valence-electron chi connectivity index (χ4n) is 1.88. The topological polar surface area (TPSA) is 47.8 Å². The normalized spacial score (nSPS) is 12.8. The first-order valence-electron chi connectivity index (χ1n) is 6.93. The number of nitrogens with zero attached hydrogens (tertiary/aromatic N) is 3. The summed E-state index contributed by atoms with van der Waals surface area (Å²) in [6.07, 6.45) is 1.83. The van der Waals surface area contributed by atoms with E-state index in [1.54, 1.807) is 6.92 Å². The van der Waals surface area contributed by atoms with Gasteiger partial charge in [-0.25, -0.2) is 0 Å². The first-order valence-corrected chi connectivity index (χ1v) is 6.93. The number of Topliss-reactive ketones (excluding diaryl/α,β-unsaturated/α-hetero) is 1. The molecule has 108 valence electrons. The summed E-state index contributed by atoms with van der Waals surface area (Å²) < 4.78 is 2.00. The van der Waals surface area contributed by atoms with Gasteiger partial charge < -0.3 is 4.57 Å². The van der Waals surface area contributed by atoms with Crippen molar-refractivity contribution in [3.8, 4) is 0 Å². The molecule has 4 nitrogen and oxygen atoms in total. The molecule has 0 radical (unpaired) electrons. The maximum atomic E-state index is 11.6. The van der Waals surface area contributed by atoms with Crippen molar-refractivity contribution in [3.05, 3.63) is 11.6 Å². The number of ketones is 1. The predicted molar refractivity (Wildman–Crippen MR) is 77.3 cm³/mol. The molecule has 4 heteroatoms. The Morgan fingerprint density at radius 2 is 1.63 bits per heavy atom. The summed E-state index contributed by atoms with van der Waals surface area (Å²) >= 11 is 0. The van der Waals surface area contributed by atoms with E-state index in [4.69, 9.17) is 0 Å². The van der Waals surface area contributed by atoms with Crippen molar-refractivity contribution in [2.75, 3.05) is 0 Å². The van der Waals surface area contributed by atoms with Crippen molar-refractivity contribution in [3.63, 3.8) is 0 Å². The molecule has 1 aromatic heterocycles. The van der Waals surface area contributed by atoms with Crippen LogP contribution < -0.4 is 0 Å². The molecule has 0 aliphatic carbocycles. The van der Waals surface area contributed by atoms with Crippen molar-refractivity contribution in [1.82, 2.24) is 14.8 Å². The molecule has 0 saturated carbocycles. The van der Waals surface area contributed by atoms with Crippen molar-refractivity contribution in [1.29, 1.82) is 0 Å². The van der Waals surface area contributed by atoms with Crippen molar-refractivity contribution in [2.24, 2.45) is 10.8 Å². The highest BCUT2D eigenvalue weighted by Gasteiger charge is 2.22. The van der Waals surface area contributed by atoms with Crippen LogP contribution in [0.4, 0.5) is 0 Å². The molecular weight excluding hydrogens is 238 g/mol. The second-order valence-electron chi connectivity index (χ2n) is 7.70. The Labute approximate surface area is 116 Å². The molecule has 0 unspecified atom stereocenters. The van der Waals surface area contributed by atoms with E-state index in [1.165, 1.54) is 0 Å². The molecule has 1 heterocycles. The van der Waals surface area contributed by atoms with Gasteiger partial charge in [0.05, 0.1) is 0 Å². The van der Waals surface area contributed by atoms with Gasteiger partial charge in [-0.15, -0.1) is 10.2 Å². The molecule has 0 amide bonds. The highest BCUT2D eigenvalue weighted by atomic mass is 16.1. The third-order valence-corrected chi connectivity index (χ3v) is 2.92. The van der Waals surface area contributed by atoms with Gasteiger partial charge in [-0.1, -0.05) is 41.5 Å². The van der Waals surface area contributed by atoms with Gasteiger partial charge >= 0.3 is 0 Å². The Kier molecular flexibility index (Phi) is 4.54. The molecule has 0 bridgehead atoms. The maximum Gasteiger partial charge on any atom is 0.199 e. The van der Waals surface area contributed by atoms with Crippen LogP contribution in [0.15, 0.2) is 0 Å². The first kappa shape index (κ1) is 15.9. The van der Waals surface area contributed by atoms with Gasteiger partial charge in [0.25, 0.3) is 0 Å². The van der Waals surface area contributed by atoms with Gasteiger partial charge in [-0.3, -0.25) is 4.79 Å². The number of hydrogen-bond acceptors (Lipinski definition) is 3. The number of hydrogen-bond donors (Lipinski definition) is 0. The van der Waals surface area contributed by atoms with Gasteiger partial charge in [-0.05, 0) is 17.3 Å². The third-order valence-electron chi connectivity index (χ3n) is 2.92. The van der Waals surface area contributed by atoms with Gasteiger partial charge in [0.2, 0.25) is 0 Å². The lowest BCUT2D eigenvalue weighted by Gasteiger charge is -2.21. The zero-order valence-electron chi connectivity index (χ0n) is 13.4. The van der Waals surface area contributed by atoms with E-state index in [2.05, 4.69) is 51.7 Å². The minimum atomic E-state index is -0.0124. The van der Waals surface area contributed by atoms with Crippen LogP contribution in [0.5, 0.6) is 0 Å². The Morgan fingerprint density at radius 1 is 1.05 bits per heavy atom. The molecule has 0 fully saturated rings. The summed E-state index contributed by atoms with van der Waals surface area (Å²) in [5.74, 6) is 1.40. The molecule has 0 N–H and O–H groups in total. The second-order valence-corrected chi connectivity index (χ2v) is 7.70. The summed E-state index contributed by atoms with van der Waals surface area (Å²) in [7, 11) is 0. The quantitative estimate of drug-likeness (QED) is 0.783. The number of carbonyl (C=O) groups is 1. The first-order chi connectivity index (χ1) is 8.49. The monoisotopic (exact) mass is 265 g/mol. The standard InChI is InChI=1S/C15H27N3O/c1-11(19)13-17-16-12(10-15(5,6)7)18(13)9-8-14(2,3)4/h8-10H2,1-7H3. The van der Waals surface area contributed by atoms with Crippen molar-refractivity contribution in [2.45, 2.75) is 67.9 Å². The lowest BCUT2D eigenvalue weighted by Crippen LogP contribution is -2.19. The Morgan fingerprint density at radius 3 is 2.05 bits per heavy atom. The van der Waals surface area contributed by atoms with Crippen LogP contribution >= 0.6 is 0 Å². The second kappa shape index (κ2) is 5.43. The van der Waals surface area contributed by atoms with E-state index in [1.807, 2.05) is 4.57 Å². The molecule has 0 aliphatic rings. The molecule has 0 atom stereocenters. The van der Waals surface area contributed by atoms with E-state index in [9.17, 15) is 4.79 Å². The zero-order valence-corrected chi connectivity index (χ0v) is 13.4. The molecule has 1 aromatic rings. The summed E-state index contributed by atoms with van der Waals surface area (Å²) in [4.78, 5) is 11.6. The van der Waals surface area contributed by atoms with Gasteiger partial charge in [0, 0.05) is 19.9 Å². The van der Waals surface area contributed by atoms with Crippen LogP contribution in [0.2, 0.25) is 0 Å². The lowest BCUT2D eigenvalue weighted by molar-refractivity contribution is 0.0997. The number of carbonyl (C=O) groups excluding carboxylic acids is 1. The Bertz CT molecular complexity index is 447. The minimum Gasteiger partial charge on any atom is -0.308 e. The van der Waals surface area contributed by atoms with E-state index >= 15 is 0 Å². The molecule has 0 aliphatic heterocycles. The molecule has 1 rings (SSSR count). The molecule has 0 aromatic carbocycles. The van der Waals surface area contributed by atoms with Crippen LogP contribution in [-0.4, -0.2) is 20.5 Å². The molecule has 0 spiro atoms. The minimum absolute atomic E-state index is 0.0124. The average Bonchev–Trinajstić information content (AvgIpc) is 2.54.